The van der Waals surface area contributed by atoms with Crippen LogP contribution in [-0.2, 0) is 9.59 Å². The van der Waals surface area contributed by atoms with Crippen molar-refractivity contribution in [3.63, 3.8) is 0 Å². The van der Waals surface area contributed by atoms with Crippen LogP contribution >= 0.6 is 0 Å². The number of hydrogen-bond acceptors (Lipinski definition) is 5. The van der Waals surface area contributed by atoms with E-state index in [0.717, 1.165) is 25.7 Å². The van der Waals surface area contributed by atoms with E-state index in [2.05, 4.69) is 0 Å². The number of carboxylic acids is 1. The Bertz CT molecular complexity index is 742. The molecule has 138 valence electrons. The molecule has 0 radical (unpaired) electrons. The van der Waals surface area contributed by atoms with Crippen molar-refractivity contribution >= 4 is 11.9 Å². The first-order valence-electron chi connectivity index (χ1n) is 8.80. The molecule has 2 fully saturated rings. The first-order valence-corrected chi connectivity index (χ1v) is 8.80. The molecule has 1 saturated carbocycles. The second-order valence-electron chi connectivity index (χ2n) is 6.77. The van der Waals surface area contributed by atoms with Gasteiger partial charge in [0, 0.05) is 12.1 Å². The van der Waals surface area contributed by atoms with Crippen LogP contribution in [0.4, 0.5) is 0 Å². The summed E-state index contributed by atoms with van der Waals surface area (Å²) in [7, 11) is 1.46. The molecule has 7 nitrogen and oxygen atoms in total. The van der Waals surface area contributed by atoms with Gasteiger partial charge in [0.25, 0.3) is 5.91 Å². The van der Waals surface area contributed by atoms with Crippen LogP contribution in [0.15, 0.2) is 18.2 Å². The fourth-order valence-corrected chi connectivity index (χ4v) is 4.11. The lowest BCUT2D eigenvalue weighted by molar-refractivity contribution is -0.150. The molecule has 0 unspecified atom stereocenters. The molecule has 1 aliphatic carbocycles. The quantitative estimate of drug-likeness (QED) is 0.866. The summed E-state index contributed by atoms with van der Waals surface area (Å²) >= 11 is 0. The monoisotopic (exact) mass is 358 g/mol. The number of amides is 1. The Balaban J connectivity index is 1.72. The maximum absolute atomic E-state index is 12.8. The molecule has 1 aromatic carbocycles. The van der Waals surface area contributed by atoms with E-state index in [1.807, 2.05) is 6.07 Å². The van der Waals surface area contributed by atoms with Crippen molar-refractivity contribution in [3.8, 4) is 17.6 Å². The van der Waals surface area contributed by atoms with E-state index >= 15 is 0 Å². The molecule has 0 bridgehead atoms. The van der Waals surface area contributed by atoms with Gasteiger partial charge in [-0.15, -0.1) is 0 Å². The van der Waals surface area contributed by atoms with Crippen molar-refractivity contribution in [2.45, 2.75) is 44.2 Å². The topological polar surface area (TPSA) is 99.9 Å². The van der Waals surface area contributed by atoms with Crippen molar-refractivity contribution in [1.82, 2.24) is 4.90 Å². The summed E-state index contributed by atoms with van der Waals surface area (Å²) in [6.45, 7) is -0.255. The maximum atomic E-state index is 12.8. The van der Waals surface area contributed by atoms with Gasteiger partial charge in [0.15, 0.2) is 18.1 Å². The van der Waals surface area contributed by atoms with Gasteiger partial charge in [-0.1, -0.05) is 12.8 Å². The third-order valence-electron chi connectivity index (χ3n) is 5.30. The number of benzene rings is 1. The number of carbonyl (C=O) groups is 2. The molecule has 1 N–H and O–H groups in total. The average Bonchev–Trinajstić information content (AvgIpc) is 3.06. The minimum absolute atomic E-state index is 0.0104. The number of nitriles is 1. The van der Waals surface area contributed by atoms with Crippen molar-refractivity contribution in [3.05, 3.63) is 23.8 Å². The molecule has 1 amide bonds. The highest BCUT2D eigenvalue weighted by Gasteiger charge is 2.47. The zero-order chi connectivity index (χ0) is 18.7. The fourth-order valence-electron chi connectivity index (χ4n) is 4.11. The van der Waals surface area contributed by atoms with Crippen molar-refractivity contribution in [2.24, 2.45) is 5.92 Å². The van der Waals surface area contributed by atoms with E-state index in [1.54, 1.807) is 12.1 Å². The van der Waals surface area contributed by atoms with Gasteiger partial charge in [0.1, 0.15) is 6.04 Å². The predicted molar refractivity (Wildman–Crippen MR) is 91.8 cm³/mol. The predicted octanol–water partition coefficient (Wildman–Crippen LogP) is 2.19. The van der Waals surface area contributed by atoms with Crippen LogP contribution in [-0.4, -0.2) is 47.7 Å². The van der Waals surface area contributed by atoms with Gasteiger partial charge in [-0.3, -0.25) is 4.79 Å². The van der Waals surface area contributed by atoms with Crippen LogP contribution in [0.1, 0.15) is 37.7 Å². The van der Waals surface area contributed by atoms with Crippen LogP contribution in [0, 0.1) is 17.2 Å². The number of ether oxygens (including phenoxy) is 2. The van der Waals surface area contributed by atoms with E-state index in [0.29, 0.717) is 23.5 Å². The van der Waals surface area contributed by atoms with E-state index in [-0.39, 0.29) is 24.5 Å². The van der Waals surface area contributed by atoms with Crippen LogP contribution in [0.5, 0.6) is 11.5 Å². The molecule has 1 saturated heterocycles. The number of carbonyl (C=O) groups excluding carboxylic acids is 1. The Morgan fingerprint density at radius 1 is 1.31 bits per heavy atom. The second kappa shape index (κ2) is 7.65. The Kier molecular flexibility index (Phi) is 5.31. The molecule has 26 heavy (non-hydrogen) atoms. The van der Waals surface area contributed by atoms with E-state index in [4.69, 9.17) is 14.7 Å². The summed E-state index contributed by atoms with van der Waals surface area (Å²) in [5.74, 6) is -0.296. The minimum atomic E-state index is -0.955. The maximum Gasteiger partial charge on any atom is 0.326 e. The van der Waals surface area contributed by atoms with Gasteiger partial charge >= 0.3 is 5.97 Å². The molecule has 2 aliphatic rings. The zero-order valence-electron chi connectivity index (χ0n) is 14.7. The van der Waals surface area contributed by atoms with E-state index in [9.17, 15) is 14.7 Å². The van der Waals surface area contributed by atoms with Gasteiger partial charge in [0.05, 0.1) is 18.7 Å². The smallest absolute Gasteiger partial charge is 0.326 e. The number of methoxy groups -OCH3 is 1. The molecule has 0 spiro atoms. The summed E-state index contributed by atoms with van der Waals surface area (Å²) in [5.41, 5.74) is 0.427. The van der Waals surface area contributed by atoms with Gasteiger partial charge in [-0.25, -0.2) is 4.79 Å². The highest BCUT2D eigenvalue weighted by molar-refractivity contribution is 5.85. The average molecular weight is 358 g/mol. The normalized spacial score (nSPS) is 24.5. The van der Waals surface area contributed by atoms with Crippen molar-refractivity contribution < 1.29 is 24.2 Å². The zero-order valence-corrected chi connectivity index (χ0v) is 14.7. The summed E-state index contributed by atoms with van der Waals surface area (Å²) in [6.07, 6.45) is 4.45. The SMILES string of the molecule is COc1cc(C#N)ccc1OCC(=O)N1[C@H](C(=O)O)C[C@@H]2CCCC[C@@H]21. The van der Waals surface area contributed by atoms with Crippen molar-refractivity contribution in [1.29, 1.82) is 5.26 Å². The Morgan fingerprint density at radius 2 is 2.08 bits per heavy atom. The summed E-state index contributed by atoms with van der Waals surface area (Å²) in [5, 5.41) is 18.5. The summed E-state index contributed by atoms with van der Waals surface area (Å²) in [4.78, 5) is 25.9. The highest BCUT2D eigenvalue weighted by atomic mass is 16.5. The molecular weight excluding hydrogens is 336 g/mol. The molecule has 1 heterocycles. The van der Waals surface area contributed by atoms with Gasteiger partial charge < -0.3 is 19.5 Å². The second-order valence-corrected chi connectivity index (χ2v) is 6.77. The Hall–Kier alpha value is -2.75. The third-order valence-corrected chi connectivity index (χ3v) is 5.30. The van der Waals surface area contributed by atoms with Crippen LogP contribution in [0.3, 0.4) is 0 Å². The Morgan fingerprint density at radius 3 is 2.77 bits per heavy atom. The largest absolute Gasteiger partial charge is 0.493 e. The molecule has 3 rings (SSSR count). The number of rotatable bonds is 5. The van der Waals surface area contributed by atoms with Gasteiger partial charge in [-0.2, -0.15) is 5.26 Å². The highest BCUT2D eigenvalue weighted by Crippen LogP contribution is 2.40. The lowest BCUT2D eigenvalue weighted by Crippen LogP contribution is -2.48. The molecule has 0 aromatic heterocycles. The summed E-state index contributed by atoms with van der Waals surface area (Å²) in [6, 6.07) is 5.92. The van der Waals surface area contributed by atoms with Crippen molar-refractivity contribution in [2.75, 3.05) is 13.7 Å². The number of nitrogens with zero attached hydrogens (tertiary/aromatic N) is 2. The number of carboxylic acid groups (broad SMARTS) is 1. The fraction of sp³-hybridized carbons (Fsp3) is 0.526. The lowest BCUT2D eigenvalue weighted by Gasteiger charge is -2.32. The first-order chi connectivity index (χ1) is 12.5. The molecule has 3 atom stereocenters. The molecular formula is C19H22N2O5. The van der Waals surface area contributed by atoms with Crippen LogP contribution in [0.2, 0.25) is 0 Å². The number of hydrogen-bond donors (Lipinski definition) is 1. The lowest BCUT2D eigenvalue weighted by atomic mass is 9.85. The summed E-state index contributed by atoms with van der Waals surface area (Å²) < 4.78 is 10.8. The third kappa shape index (κ3) is 3.45. The molecule has 1 aromatic rings. The van der Waals surface area contributed by atoms with Crippen LogP contribution < -0.4 is 9.47 Å². The number of fused-ring (bicyclic) bond motifs is 1. The van der Waals surface area contributed by atoms with E-state index in [1.165, 1.54) is 18.1 Å². The van der Waals surface area contributed by atoms with Gasteiger partial charge in [-0.05, 0) is 37.3 Å². The number of likely N-dealkylation sites (tertiary alicyclic amines) is 1. The van der Waals surface area contributed by atoms with E-state index < -0.39 is 12.0 Å². The minimum Gasteiger partial charge on any atom is -0.493 e. The molecule has 7 heteroatoms. The molecule has 1 aliphatic heterocycles. The first kappa shape index (κ1) is 18.1. The standard InChI is InChI=1S/C19H22N2O5/c1-25-17-8-12(10-20)6-7-16(17)26-11-18(22)21-14-5-3-2-4-13(14)9-15(21)19(23)24/h6-8,13-15H,2-5,9,11H2,1H3,(H,23,24)/t13-,14-,15-/m0/s1. The number of aliphatic carboxylic acids is 1. The van der Waals surface area contributed by atoms with Crippen LogP contribution in [0.25, 0.3) is 0 Å². The Labute approximate surface area is 152 Å². The van der Waals surface area contributed by atoms with Gasteiger partial charge in [0.2, 0.25) is 0 Å².